The molecule has 0 radical (unpaired) electrons. The van der Waals surface area contributed by atoms with E-state index in [-0.39, 0.29) is 5.91 Å². The molecule has 2 N–H and O–H groups in total. The summed E-state index contributed by atoms with van der Waals surface area (Å²) in [5.41, 5.74) is 3.42. The highest BCUT2D eigenvalue weighted by Crippen LogP contribution is 2.28. The Morgan fingerprint density at radius 3 is 2.48 bits per heavy atom. The van der Waals surface area contributed by atoms with Gasteiger partial charge in [-0.15, -0.1) is 0 Å². The number of hydrogen-bond donors (Lipinski definition) is 2. The average molecular weight is 425 g/mol. The lowest BCUT2D eigenvalue weighted by atomic mass is 10.1. The zero-order chi connectivity index (χ0) is 19.2. The molecule has 27 heavy (non-hydrogen) atoms. The summed E-state index contributed by atoms with van der Waals surface area (Å²) in [5, 5.41) is 6.32. The van der Waals surface area contributed by atoms with Crippen molar-refractivity contribution in [2.24, 2.45) is 0 Å². The molecule has 0 aliphatic carbocycles. The van der Waals surface area contributed by atoms with E-state index in [4.69, 9.17) is 4.74 Å². The maximum absolute atomic E-state index is 13.1. The Hall–Kier alpha value is -2.79. The van der Waals surface area contributed by atoms with Gasteiger partial charge in [0.25, 0.3) is 5.91 Å². The minimum absolute atomic E-state index is 0.162. The second kappa shape index (κ2) is 8.73. The molecular formula is C22H21BrN2O2. The van der Waals surface area contributed by atoms with Crippen LogP contribution in [-0.4, -0.2) is 13.0 Å². The molecule has 5 heteroatoms. The summed E-state index contributed by atoms with van der Waals surface area (Å²) in [6.07, 6.45) is 0. The normalized spacial score (nSPS) is 11.5. The Bertz CT molecular complexity index is 929. The molecule has 0 bridgehead atoms. The van der Waals surface area contributed by atoms with E-state index >= 15 is 0 Å². The van der Waals surface area contributed by atoms with Gasteiger partial charge in [-0.25, -0.2) is 0 Å². The van der Waals surface area contributed by atoms with E-state index in [9.17, 15) is 4.79 Å². The standard InChI is InChI=1S/C22H21BrN2O2/c1-15-11-12-20(27-2)19(13-15)25-22(26)21(16-7-4-3-5-8-16)24-18-10-6-9-17(23)14-18/h3-14,21,24H,1-2H3,(H,25,26). The Balaban J connectivity index is 1.91. The smallest absolute Gasteiger partial charge is 0.251 e. The maximum atomic E-state index is 13.1. The lowest BCUT2D eigenvalue weighted by Crippen LogP contribution is -2.27. The van der Waals surface area contributed by atoms with Crippen LogP contribution in [0.3, 0.4) is 0 Å². The number of aryl methyl sites for hydroxylation is 1. The third-order valence-corrected chi connectivity index (χ3v) is 4.64. The first-order valence-electron chi connectivity index (χ1n) is 8.59. The van der Waals surface area contributed by atoms with Crippen molar-refractivity contribution in [3.63, 3.8) is 0 Å². The monoisotopic (exact) mass is 424 g/mol. The number of amides is 1. The van der Waals surface area contributed by atoms with E-state index in [0.29, 0.717) is 11.4 Å². The molecule has 1 unspecified atom stereocenters. The van der Waals surface area contributed by atoms with Gasteiger partial charge in [-0.2, -0.15) is 0 Å². The van der Waals surface area contributed by atoms with Gasteiger partial charge in [0.15, 0.2) is 0 Å². The zero-order valence-corrected chi connectivity index (χ0v) is 16.8. The molecular weight excluding hydrogens is 404 g/mol. The SMILES string of the molecule is COc1ccc(C)cc1NC(=O)C(Nc1cccc(Br)c1)c1ccccc1. The van der Waals surface area contributed by atoms with Crippen LogP contribution in [0.4, 0.5) is 11.4 Å². The minimum Gasteiger partial charge on any atom is -0.495 e. The predicted molar refractivity (Wildman–Crippen MR) is 113 cm³/mol. The first-order chi connectivity index (χ1) is 13.1. The molecule has 1 amide bonds. The van der Waals surface area contributed by atoms with Crippen LogP contribution in [0.1, 0.15) is 17.2 Å². The van der Waals surface area contributed by atoms with E-state index in [1.807, 2.05) is 79.7 Å². The van der Waals surface area contributed by atoms with Gasteiger partial charge in [-0.3, -0.25) is 4.79 Å². The number of hydrogen-bond acceptors (Lipinski definition) is 3. The molecule has 0 saturated heterocycles. The Morgan fingerprint density at radius 2 is 1.78 bits per heavy atom. The molecule has 0 aliphatic rings. The van der Waals surface area contributed by atoms with Crippen LogP contribution in [0, 0.1) is 6.92 Å². The van der Waals surface area contributed by atoms with Gasteiger partial charge >= 0.3 is 0 Å². The summed E-state index contributed by atoms with van der Waals surface area (Å²) in [7, 11) is 1.59. The molecule has 3 rings (SSSR count). The van der Waals surface area contributed by atoms with Crippen molar-refractivity contribution in [1.82, 2.24) is 0 Å². The molecule has 0 spiro atoms. The fourth-order valence-corrected chi connectivity index (χ4v) is 3.21. The van der Waals surface area contributed by atoms with Gasteiger partial charge in [0, 0.05) is 10.2 Å². The van der Waals surface area contributed by atoms with Crippen molar-refractivity contribution in [3.05, 3.63) is 88.4 Å². The third kappa shape index (κ3) is 4.89. The average Bonchev–Trinajstić information content (AvgIpc) is 2.67. The highest BCUT2D eigenvalue weighted by Gasteiger charge is 2.22. The molecule has 1 atom stereocenters. The van der Waals surface area contributed by atoms with Gasteiger partial charge in [0.2, 0.25) is 0 Å². The van der Waals surface area contributed by atoms with Gasteiger partial charge in [-0.1, -0.05) is 58.4 Å². The third-order valence-electron chi connectivity index (χ3n) is 4.14. The number of carbonyl (C=O) groups excluding carboxylic acids is 1. The van der Waals surface area contributed by atoms with Crippen LogP contribution in [0.2, 0.25) is 0 Å². The number of benzene rings is 3. The van der Waals surface area contributed by atoms with Crippen LogP contribution >= 0.6 is 15.9 Å². The van der Waals surface area contributed by atoms with E-state index in [0.717, 1.165) is 21.3 Å². The number of carbonyl (C=O) groups is 1. The number of nitrogens with one attached hydrogen (secondary N) is 2. The summed E-state index contributed by atoms with van der Waals surface area (Å²) >= 11 is 3.47. The van der Waals surface area contributed by atoms with E-state index in [1.54, 1.807) is 7.11 Å². The fraction of sp³-hybridized carbons (Fsp3) is 0.136. The van der Waals surface area contributed by atoms with Crippen LogP contribution in [0.25, 0.3) is 0 Å². The highest BCUT2D eigenvalue weighted by atomic mass is 79.9. The van der Waals surface area contributed by atoms with Crippen LogP contribution in [0.15, 0.2) is 77.3 Å². The lowest BCUT2D eigenvalue weighted by Gasteiger charge is -2.21. The molecule has 4 nitrogen and oxygen atoms in total. The predicted octanol–water partition coefficient (Wildman–Crippen LogP) is 5.56. The van der Waals surface area contributed by atoms with Gasteiger partial charge in [0.05, 0.1) is 12.8 Å². The summed E-state index contributed by atoms with van der Waals surface area (Å²) < 4.78 is 6.32. The largest absolute Gasteiger partial charge is 0.495 e. The van der Waals surface area contributed by atoms with Crippen molar-refractivity contribution in [2.45, 2.75) is 13.0 Å². The van der Waals surface area contributed by atoms with Crippen molar-refractivity contribution in [1.29, 1.82) is 0 Å². The highest BCUT2D eigenvalue weighted by molar-refractivity contribution is 9.10. The molecule has 0 heterocycles. The second-order valence-electron chi connectivity index (χ2n) is 6.19. The van der Waals surface area contributed by atoms with Crippen LogP contribution in [0.5, 0.6) is 5.75 Å². The van der Waals surface area contributed by atoms with Crippen molar-refractivity contribution < 1.29 is 9.53 Å². The number of halogens is 1. The molecule has 0 aromatic heterocycles. The zero-order valence-electron chi connectivity index (χ0n) is 15.2. The Kier molecular flexibility index (Phi) is 6.14. The van der Waals surface area contributed by atoms with Crippen molar-refractivity contribution >= 4 is 33.2 Å². The Morgan fingerprint density at radius 1 is 1.00 bits per heavy atom. The van der Waals surface area contributed by atoms with E-state index in [2.05, 4.69) is 26.6 Å². The first-order valence-corrected chi connectivity index (χ1v) is 9.38. The summed E-state index contributed by atoms with van der Waals surface area (Å²) in [6, 6.07) is 22.5. The van der Waals surface area contributed by atoms with Gasteiger partial charge in [0.1, 0.15) is 11.8 Å². The van der Waals surface area contributed by atoms with Gasteiger partial charge in [-0.05, 0) is 48.4 Å². The maximum Gasteiger partial charge on any atom is 0.251 e. The number of methoxy groups -OCH3 is 1. The number of ether oxygens (including phenoxy) is 1. The first kappa shape index (κ1) is 19.0. The van der Waals surface area contributed by atoms with Crippen molar-refractivity contribution in [3.8, 4) is 5.75 Å². The number of anilines is 2. The molecule has 3 aromatic rings. The van der Waals surface area contributed by atoms with E-state index < -0.39 is 6.04 Å². The summed E-state index contributed by atoms with van der Waals surface area (Å²) in [4.78, 5) is 13.1. The minimum atomic E-state index is -0.550. The fourth-order valence-electron chi connectivity index (χ4n) is 2.82. The van der Waals surface area contributed by atoms with E-state index in [1.165, 1.54) is 0 Å². The summed E-state index contributed by atoms with van der Waals surface area (Å²) in [5.74, 6) is 0.466. The molecule has 0 aliphatic heterocycles. The van der Waals surface area contributed by atoms with Gasteiger partial charge < -0.3 is 15.4 Å². The quantitative estimate of drug-likeness (QED) is 0.544. The molecule has 138 valence electrons. The summed E-state index contributed by atoms with van der Waals surface area (Å²) in [6.45, 7) is 1.98. The molecule has 0 saturated carbocycles. The second-order valence-corrected chi connectivity index (χ2v) is 7.11. The molecule has 0 fully saturated rings. The number of rotatable bonds is 6. The van der Waals surface area contributed by atoms with Crippen LogP contribution in [-0.2, 0) is 4.79 Å². The van der Waals surface area contributed by atoms with Crippen LogP contribution < -0.4 is 15.4 Å². The Labute approximate surface area is 167 Å². The van der Waals surface area contributed by atoms with Crippen molar-refractivity contribution in [2.75, 3.05) is 17.7 Å². The molecule has 3 aromatic carbocycles. The lowest BCUT2D eigenvalue weighted by molar-refractivity contribution is -0.117. The topological polar surface area (TPSA) is 50.4 Å².